The van der Waals surface area contributed by atoms with Crippen LogP contribution in [0.4, 0.5) is 0 Å². The Hall–Kier alpha value is -0.690. The maximum absolute atomic E-state index is 11.1. The summed E-state index contributed by atoms with van der Waals surface area (Å²) in [5.74, 6) is -0.0360. The van der Waals surface area contributed by atoms with E-state index in [9.17, 15) is 9.90 Å². The summed E-state index contributed by atoms with van der Waals surface area (Å²) in [5.41, 5.74) is 0. The van der Waals surface area contributed by atoms with Gasteiger partial charge in [-0.2, -0.15) is 0 Å². The molecule has 1 heterocycles. The summed E-state index contributed by atoms with van der Waals surface area (Å²) >= 11 is 0. The van der Waals surface area contributed by atoms with E-state index in [2.05, 4.69) is 15.5 Å². The van der Waals surface area contributed by atoms with Crippen LogP contribution in [0.3, 0.4) is 0 Å². The van der Waals surface area contributed by atoms with Gasteiger partial charge in [0.05, 0.1) is 25.9 Å². The summed E-state index contributed by atoms with van der Waals surface area (Å²) < 4.78 is 5.23. The maximum Gasteiger partial charge on any atom is 0.233 e. The fourth-order valence-corrected chi connectivity index (χ4v) is 1.76. The van der Waals surface area contributed by atoms with E-state index in [1.807, 2.05) is 6.92 Å². The average molecular weight is 245 g/mol. The van der Waals surface area contributed by atoms with Crippen LogP contribution >= 0.6 is 0 Å². The van der Waals surface area contributed by atoms with E-state index in [4.69, 9.17) is 4.74 Å². The number of morpholine rings is 1. The van der Waals surface area contributed by atoms with Gasteiger partial charge in [-0.1, -0.05) is 0 Å². The van der Waals surface area contributed by atoms with Crippen molar-refractivity contribution in [2.24, 2.45) is 0 Å². The lowest BCUT2D eigenvalue weighted by Gasteiger charge is -2.28. The van der Waals surface area contributed by atoms with Gasteiger partial charge in [0.1, 0.15) is 0 Å². The molecule has 0 aromatic heterocycles. The first-order valence-electron chi connectivity index (χ1n) is 6.18. The van der Waals surface area contributed by atoms with E-state index in [-0.39, 0.29) is 12.5 Å². The van der Waals surface area contributed by atoms with E-state index < -0.39 is 6.10 Å². The summed E-state index contributed by atoms with van der Waals surface area (Å²) in [4.78, 5) is 13.3. The highest BCUT2D eigenvalue weighted by Crippen LogP contribution is 1.97. The molecule has 0 spiro atoms. The fraction of sp³-hybridized carbons (Fsp3) is 0.909. The normalized spacial score (nSPS) is 18.9. The lowest BCUT2D eigenvalue weighted by Crippen LogP contribution is -2.45. The third kappa shape index (κ3) is 6.58. The molecule has 0 aromatic carbocycles. The molecule has 1 aliphatic heterocycles. The number of amides is 1. The van der Waals surface area contributed by atoms with Gasteiger partial charge in [0.25, 0.3) is 0 Å². The number of nitrogens with one attached hydrogen (secondary N) is 2. The van der Waals surface area contributed by atoms with Crippen molar-refractivity contribution in [1.29, 1.82) is 0 Å². The molecule has 0 bridgehead atoms. The Kier molecular flexibility index (Phi) is 7.11. The first kappa shape index (κ1) is 14.4. The molecule has 1 aliphatic rings. The number of rotatable bonds is 7. The van der Waals surface area contributed by atoms with Crippen molar-refractivity contribution < 1.29 is 14.6 Å². The molecule has 1 saturated heterocycles. The zero-order chi connectivity index (χ0) is 12.5. The molecule has 17 heavy (non-hydrogen) atoms. The van der Waals surface area contributed by atoms with Gasteiger partial charge in [0.2, 0.25) is 5.91 Å². The van der Waals surface area contributed by atoms with Gasteiger partial charge in [-0.05, 0) is 6.92 Å². The van der Waals surface area contributed by atoms with Gasteiger partial charge >= 0.3 is 0 Å². The summed E-state index contributed by atoms with van der Waals surface area (Å²) in [6.07, 6.45) is -0.442. The molecule has 1 rings (SSSR count). The van der Waals surface area contributed by atoms with Crippen LogP contribution in [0.15, 0.2) is 0 Å². The zero-order valence-electron chi connectivity index (χ0n) is 10.4. The first-order chi connectivity index (χ1) is 8.22. The topological polar surface area (TPSA) is 73.8 Å². The molecule has 1 amide bonds. The van der Waals surface area contributed by atoms with Crippen molar-refractivity contribution in [3.05, 3.63) is 0 Å². The Morgan fingerprint density at radius 2 is 2.18 bits per heavy atom. The predicted octanol–water partition coefficient (Wildman–Crippen LogP) is -1.59. The van der Waals surface area contributed by atoms with E-state index in [1.165, 1.54) is 0 Å². The second-order valence-electron chi connectivity index (χ2n) is 4.15. The number of carbonyl (C=O) groups is 1. The largest absolute Gasteiger partial charge is 0.390 e. The van der Waals surface area contributed by atoms with E-state index in [0.717, 1.165) is 26.3 Å². The number of β-amino-alcohol motifs (C(OH)–C–C–N with tert-alkyl or cyclic N) is 1. The van der Waals surface area contributed by atoms with Crippen molar-refractivity contribution in [3.63, 3.8) is 0 Å². The number of aliphatic hydroxyl groups is 1. The molecule has 3 N–H and O–H groups in total. The Morgan fingerprint density at radius 3 is 2.82 bits per heavy atom. The third-order valence-electron chi connectivity index (χ3n) is 2.61. The third-order valence-corrected chi connectivity index (χ3v) is 2.61. The number of nitrogens with zero attached hydrogens (tertiary/aromatic N) is 1. The molecule has 0 radical (unpaired) electrons. The number of carbonyl (C=O) groups excluding carboxylic acids is 1. The SMILES string of the molecule is CCNC(=O)CNCC(O)CN1CCOCC1. The highest BCUT2D eigenvalue weighted by atomic mass is 16.5. The smallest absolute Gasteiger partial charge is 0.233 e. The highest BCUT2D eigenvalue weighted by molar-refractivity contribution is 5.77. The Balaban J connectivity index is 2.03. The molecule has 6 nitrogen and oxygen atoms in total. The Morgan fingerprint density at radius 1 is 1.47 bits per heavy atom. The van der Waals surface area contributed by atoms with Gasteiger partial charge in [-0.3, -0.25) is 9.69 Å². The summed E-state index contributed by atoms with van der Waals surface area (Å²) in [7, 11) is 0. The fourth-order valence-electron chi connectivity index (χ4n) is 1.76. The molecular weight excluding hydrogens is 222 g/mol. The lowest BCUT2D eigenvalue weighted by atomic mass is 10.3. The second-order valence-corrected chi connectivity index (χ2v) is 4.15. The van der Waals surface area contributed by atoms with Crippen molar-refractivity contribution in [1.82, 2.24) is 15.5 Å². The molecule has 1 atom stereocenters. The second kappa shape index (κ2) is 8.41. The number of ether oxygens (including phenoxy) is 1. The van der Waals surface area contributed by atoms with Crippen LogP contribution in [-0.2, 0) is 9.53 Å². The molecule has 1 fully saturated rings. The molecular formula is C11H23N3O3. The van der Waals surface area contributed by atoms with Gasteiger partial charge in [-0.15, -0.1) is 0 Å². The number of hydrogen-bond donors (Lipinski definition) is 3. The molecule has 0 aliphatic carbocycles. The number of likely N-dealkylation sites (N-methyl/N-ethyl adjacent to an activating group) is 1. The number of aliphatic hydroxyl groups excluding tert-OH is 1. The van der Waals surface area contributed by atoms with Gasteiger partial charge in [0, 0.05) is 32.7 Å². The zero-order valence-corrected chi connectivity index (χ0v) is 10.4. The van der Waals surface area contributed by atoms with Crippen LogP contribution in [0.1, 0.15) is 6.92 Å². The molecule has 100 valence electrons. The monoisotopic (exact) mass is 245 g/mol. The highest BCUT2D eigenvalue weighted by Gasteiger charge is 2.14. The standard InChI is InChI=1S/C11H23N3O3/c1-2-13-11(16)8-12-7-10(15)9-14-3-5-17-6-4-14/h10,12,15H,2-9H2,1H3,(H,13,16). The Labute approximate surface area is 102 Å². The molecule has 1 unspecified atom stereocenters. The predicted molar refractivity (Wildman–Crippen MR) is 64.8 cm³/mol. The summed E-state index contributed by atoms with van der Waals surface area (Å²) in [6.45, 7) is 7.05. The minimum Gasteiger partial charge on any atom is -0.390 e. The van der Waals surface area contributed by atoms with Crippen LogP contribution < -0.4 is 10.6 Å². The Bertz CT molecular complexity index is 220. The molecule has 0 aromatic rings. The van der Waals surface area contributed by atoms with Crippen molar-refractivity contribution >= 4 is 5.91 Å². The minimum absolute atomic E-state index is 0.0360. The van der Waals surface area contributed by atoms with Crippen LogP contribution in [0.2, 0.25) is 0 Å². The van der Waals surface area contributed by atoms with E-state index >= 15 is 0 Å². The molecule has 0 saturated carbocycles. The maximum atomic E-state index is 11.1. The summed E-state index contributed by atoms with van der Waals surface area (Å²) in [6, 6.07) is 0. The van der Waals surface area contributed by atoms with Crippen molar-refractivity contribution in [2.75, 3.05) is 52.5 Å². The van der Waals surface area contributed by atoms with Gasteiger partial charge in [0.15, 0.2) is 0 Å². The van der Waals surface area contributed by atoms with Gasteiger partial charge < -0.3 is 20.5 Å². The van der Waals surface area contributed by atoms with Crippen LogP contribution in [0, 0.1) is 0 Å². The van der Waals surface area contributed by atoms with Crippen molar-refractivity contribution in [3.8, 4) is 0 Å². The lowest BCUT2D eigenvalue weighted by molar-refractivity contribution is -0.120. The number of hydrogen-bond acceptors (Lipinski definition) is 5. The average Bonchev–Trinajstić information content (AvgIpc) is 2.30. The van der Waals surface area contributed by atoms with E-state index in [1.54, 1.807) is 0 Å². The van der Waals surface area contributed by atoms with Crippen LogP contribution in [0.25, 0.3) is 0 Å². The van der Waals surface area contributed by atoms with Gasteiger partial charge in [-0.25, -0.2) is 0 Å². The van der Waals surface area contributed by atoms with E-state index in [0.29, 0.717) is 19.6 Å². The summed E-state index contributed by atoms with van der Waals surface area (Å²) in [5, 5.41) is 15.4. The van der Waals surface area contributed by atoms with Crippen LogP contribution in [-0.4, -0.2) is 74.5 Å². The minimum atomic E-state index is -0.442. The molecule has 6 heteroatoms. The quantitative estimate of drug-likeness (QED) is 0.504. The van der Waals surface area contributed by atoms with Crippen LogP contribution in [0.5, 0.6) is 0 Å². The van der Waals surface area contributed by atoms with Crippen molar-refractivity contribution in [2.45, 2.75) is 13.0 Å². The first-order valence-corrected chi connectivity index (χ1v) is 6.18.